The number of methoxy groups -OCH3 is 1. The minimum atomic E-state index is -0.410. The summed E-state index contributed by atoms with van der Waals surface area (Å²) < 4.78 is 7.81. The van der Waals surface area contributed by atoms with Crippen LogP contribution in [0.3, 0.4) is 0 Å². The second kappa shape index (κ2) is 6.79. The number of hydrogen-bond acceptors (Lipinski definition) is 3. The van der Waals surface area contributed by atoms with Crippen LogP contribution in [0.15, 0.2) is 67.0 Å². The fourth-order valence-corrected chi connectivity index (χ4v) is 5.54. The number of carbonyl (C=O) groups is 1. The molecule has 0 aliphatic rings. The number of pyridine rings is 1. The first-order valence-corrected chi connectivity index (χ1v) is 9.80. The van der Waals surface area contributed by atoms with Gasteiger partial charge in [-0.3, -0.25) is 0 Å². The van der Waals surface area contributed by atoms with Crippen molar-refractivity contribution in [2.24, 2.45) is 5.73 Å². The molecule has 2 heterocycles. The Hall–Kier alpha value is -2.88. The summed E-state index contributed by atoms with van der Waals surface area (Å²) in [6.45, 7) is 0. The van der Waals surface area contributed by atoms with Crippen LogP contribution in [0.2, 0.25) is 0 Å². The van der Waals surface area contributed by atoms with Gasteiger partial charge < -0.3 is 0 Å². The van der Waals surface area contributed by atoms with Gasteiger partial charge in [-0.15, -0.1) is 0 Å². The Morgan fingerprint density at radius 2 is 1.73 bits per heavy atom. The Kier molecular flexibility index (Phi) is 4.33. The van der Waals surface area contributed by atoms with Crippen molar-refractivity contribution in [3.63, 3.8) is 0 Å². The fourth-order valence-electron chi connectivity index (χ4n) is 3.00. The van der Waals surface area contributed by atoms with Gasteiger partial charge in [-0.05, 0) is 0 Å². The van der Waals surface area contributed by atoms with Crippen LogP contribution < -0.4 is 10.5 Å². The normalized spacial score (nSPS) is 10.8. The van der Waals surface area contributed by atoms with Gasteiger partial charge >= 0.3 is 157 Å². The average Bonchev–Trinajstić information content (AvgIpc) is 3.07. The number of hydrogen-bond donors (Lipinski definition) is 1. The molecule has 0 saturated heterocycles. The van der Waals surface area contributed by atoms with Crippen molar-refractivity contribution < 1.29 is 9.53 Å². The van der Waals surface area contributed by atoms with E-state index in [1.165, 1.54) is 8.70 Å². The van der Waals surface area contributed by atoms with E-state index >= 15 is 0 Å². The molecule has 26 heavy (non-hydrogen) atoms. The minimum absolute atomic E-state index is 0.141. The Labute approximate surface area is 157 Å². The van der Waals surface area contributed by atoms with Crippen LogP contribution in [0.5, 0.6) is 5.75 Å². The SMILES string of the molecule is COc1ccc(-c2c(-c3ccncc3)[se]c3ccc(C(N)=O)cc23)cc1. The number of benzene rings is 2. The predicted octanol–water partition coefficient (Wildman–Crippen LogP) is 3.73. The maximum atomic E-state index is 11.7. The molecule has 1 amide bonds. The molecule has 4 nitrogen and oxygen atoms in total. The molecule has 5 heteroatoms. The van der Waals surface area contributed by atoms with E-state index in [2.05, 4.69) is 17.1 Å². The average molecular weight is 407 g/mol. The molecular formula is C21H16N2O2Se. The summed E-state index contributed by atoms with van der Waals surface area (Å²) in [5.74, 6) is 0.404. The molecule has 0 saturated carbocycles. The molecular weight excluding hydrogens is 391 g/mol. The van der Waals surface area contributed by atoms with Crippen molar-refractivity contribution in [1.29, 1.82) is 0 Å². The molecule has 4 aromatic rings. The van der Waals surface area contributed by atoms with E-state index in [4.69, 9.17) is 10.5 Å². The van der Waals surface area contributed by atoms with Crippen molar-refractivity contribution >= 4 is 30.1 Å². The van der Waals surface area contributed by atoms with Crippen molar-refractivity contribution in [3.05, 3.63) is 72.6 Å². The number of carbonyl (C=O) groups excluding carboxylic acids is 1. The monoisotopic (exact) mass is 408 g/mol. The molecule has 0 aliphatic carbocycles. The van der Waals surface area contributed by atoms with Gasteiger partial charge in [-0.2, -0.15) is 0 Å². The van der Waals surface area contributed by atoms with Crippen molar-refractivity contribution in [2.45, 2.75) is 0 Å². The zero-order valence-electron chi connectivity index (χ0n) is 14.1. The van der Waals surface area contributed by atoms with E-state index in [1.807, 2.05) is 54.9 Å². The first-order chi connectivity index (χ1) is 12.7. The summed E-state index contributed by atoms with van der Waals surface area (Å²) in [5, 5.41) is 1.08. The van der Waals surface area contributed by atoms with Crippen LogP contribution >= 0.6 is 0 Å². The third-order valence-corrected chi connectivity index (χ3v) is 6.85. The van der Waals surface area contributed by atoms with E-state index in [1.54, 1.807) is 7.11 Å². The van der Waals surface area contributed by atoms with Crippen LogP contribution in [0, 0.1) is 0 Å². The number of amides is 1. The van der Waals surface area contributed by atoms with Crippen LogP contribution in [0.4, 0.5) is 0 Å². The summed E-state index contributed by atoms with van der Waals surface area (Å²) in [6, 6.07) is 17.8. The molecule has 128 valence electrons. The van der Waals surface area contributed by atoms with E-state index < -0.39 is 5.91 Å². The number of nitrogens with two attached hydrogens (primary N) is 1. The third kappa shape index (κ3) is 2.92. The molecule has 2 aromatic heterocycles. The molecule has 4 rings (SSSR count). The van der Waals surface area contributed by atoms with Crippen molar-refractivity contribution in [1.82, 2.24) is 4.98 Å². The summed E-state index contributed by atoms with van der Waals surface area (Å²) >= 11 is 0.141. The number of ether oxygens (including phenoxy) is 1. The zero-order chi connectivity index (χ0) is 18.1. The van der Waals surface area contributed by atoms with E-state index in [0.29, 0.717) is 5.56 Å². The van der Waals surface area contributed by atoms with Crippen LogP contribution in [-0.4, -0.2) is 32.5 Å². The number of primary amides is 1. The molecule has 2 N–H and O–H groups in total. The Balaban J connectivity index is 2.02. The van der Waals surface area contributed by atoms with Gasteiger partial charge in [0.05, 0.1) is 0 Å². The standard InChI is InChI=1S/C21H16N2O2Se/c1-25-16-5-2-13(3-6-16)19-17-12-15(21(22)24)4-7-18(17)26-20(19)14-8-10-23-11-9-14/h2-12H,1H3,(H2,22,24). The summed E-state index contributed by atoms with van der Waals surface area (Å²) in [7, 11) is 1.66. The van der Waals surface area contributed by atoms with Crippen molar-refractivity contribution in [3.8, 4) is 26.9 Å². The Bertz CT molecular complexity index is 1090. The van der Waals surface area contributed by atoms with Crippen LogP contribution in [0.25, 0.3) is 30.8 Å². The topological polar surface area (TPSA) is 65.2 Å². The van der Waals surface area contributed by atoms with Gasteiger partial charge in [0.15, 0.2) is 0 Å². The van der Waals surface area contributed by atoms with Gasteiger partial charge in [0.2, 0.25) is 0 Å². The number of aromatic nitrogens is 1. The molecule has 0 unspecified atom stereocenters. The van der Waals surface area contributed by atoms with E-state index in [9.17, 15) is 4.79 Å². The molecule has 0 aliphatic heterocycles. The molecule has 0 fully saturated rings. The molecule has 0 spiro atoms. The quantitative estimate of drug-likeness (QED) is 0.525. The molecule has 0 radical (unpaired) electrons. The number of rotatable bonds is 4. The van der Waals surface area contributed by atoms with Gasteiger partial charge in [-0.1, -0.05) is 0 Å². The second-order valence-electron chi connectivity index (χ2n) is 5.85. The predicted molar refractivity (Wildman–Crippen MR) is 105 cm³/mol. The summed E-state index contributed by atoms with van der Waals surface area (Å²) in [4.78, 5) is 15.8. The number of fused-ring (bicyclic) bond motifs is 1. The molecule has 2 aromatic carbocycles. The summed E-state index contributed by atoms with van der Waals surface area (Å²) in [6.07, 6.45) is 3.61. The van der Waals surface area contributed by atoms with E-state index in [0.717, 1.165) is 27.8 Å². The molecule has 0 bridgehead atoms. The van der Waals surface area contributed by atoms with Gasteiger partial charge in [-0.25, -0.2) is 0 Å². The van der Waals surface area contributed by atoms with Gasteiger partial charge in [0.1, 0.15) is 0 Å². The van der Waals surface area contributed by atoms with Gasteiger partial charge in [0.25, 0.3) is 0 Å². The first kappa shape index (κ1) is 16.6. The van der Waals surface area contributed by atoms with Gasteiger partial charge in [0, 0.05) is 0 Å². The fraction of sp³-hybridized carbons (Fsp3) is 0.0476. The Morgan fingerprint density at radius 1 is 1.00 bits per heavy atom. The first-order valence-electron chi connectivity index (χ1n) is 8.08. The second-order valence-corrected chi connectivity index (χ2v) is 8.05. The number of nitrogens with zero attached hydrogens (tertiary/aromatic N) is 1. The third-order valence-electron chi connectivity index (χ3n) is 4.29. The maximum absolute atomic E-state index is 11.7. The van der Waals surface area contributed by atoms with E-state index in [-0.39, 0.29) is 14.5 Å². The summed E-state index contributed by atoms with van der Waals surface area (Å²) in [5.41, 5.74) is 9.43. The molecule has 0 atom stereocenters. The zero-order valence-corrected chi connectivity index (χ0v) is 15.8. The Morgan fingerprint density at radius 3 is 2.38 bits per heavy atom. The van der Waals surface area contributed by atoms with Crippen molar-refractivity contribution in [2.75, 3.05) is 7.11 Å². The van der Waals surface area contributed by atoms with Crippen LogP contribution in [0.1, 0.15) is 10.4 Å². The van der Waals surface area contributed by atoms with Crippen LogP contribution in [-0.2, 0) is 0 Å².